The second-order valence-electron chi connectivity index (χ2n) is 4.00. The van der Waals surface area contributed by atoms with Crippen molar-refractivity contribution in [3.05, 3.63) is 40.4 Å². The summed E-state index contributed by atoms with van der Waals surface area (Å²) in [6.07, 6.45) is 2.15. The average Bonchev–Trinajstić information content (AvgIpc) is 2.75. The van der Waals surface area contributed by atoms with Gasteiger partial charge in [-0.05, 0) is 18.2 Å². The fourth-order valence-electron chi connectivity index (χ4n) is 1.58. The van der Waals surface area contributed by atoms with Gasteiger partial charge in [-0.3, -0.25) is 9.48 Å². The molecule has 0 aliphatic heterocycles. The second-order valence-corrected chi connectivity index (χ2v) is 4.92. The minimum atomic E-state index is -0.319. The third-order valence-corrected chi connectivity index (χ3v) is 2.98. The second kappa shape index (κ2) is 5.83. The zero-order valence-corrected chi connectivity index (χ0v) is 11.9. The highest BCUT2D eigenvalue weighted by Crippen LogP contribution is 2.21. The van der Waals surface area contributed by atoms with E-state index in [9.17, 15) is 9.90 Å². The third-order valence-electron chi connectivity index (χ3n) is 2.49. The molecule has 2 aromatic rings. The smallest absolute Gasteiger partial charge is 0.255 e. The van der Waals surface area contributed by atoms with Gasteiger partial charge >= 0.3 is 0 Å². The number of rotatable bonds is 4. The third kappa shape index (κ3) is 3.54. The summed E-state index contributed by atoms with van der Waals surface area (Å²) in [6.45, 7) is 0.415. The molecular weight excluding hydrogens is 312 g/mol. The Labute approximate surface area is 118 Å². The number of benzene rings is 1. The molecule has 0 radical (unpaired) electrons. The summed E-state index contributed by atoms with van der Waals surface area (Å²) in [5.41, 5.74) is 0.247. The number of phenolic OH excluding ortho intramolecular Hbond substituents is 1. The highest BCUT2D eigenvalue weighted by molar-refractivity contribution is 9.10. The summed E-state index contributed by atoms with van der Waals surface area (Å²) >= 11 is 3.22. The van der Waals surface area contributed by atoms with E-state index in [1.165, 1.54) is 6.07 Å². The van der Waals surface area contributed by atoms with Crippen LogP contribution in [0.5, 0.6) is 5.75 Å². The van der Waals surface area contributed by atoms with E-state index in [1.54, 1.807) is 30.2 Å². The van der Waals surface area contributed by atoms with Crippen LogP contribution in [0.15, 0.2) is 29.0 Å². The quantitative estimate of drug-likeness (QED) is 0.887. The lowest BCUT2D eigenvalue weighted by molar-refractivity contribution is 0.0951. The van der Waals surface area contributed by atoms with Crippen molar-refractivity contribution in [3.63, 3.8) is 0 Å². The molecule has 2 rings (SSSR count). The van der Waals surface area contributed by atoms with Gasteiger partial charge in [0, 0.05) is 24.5 Å². The molecule has 1 aromatic heterocycles. The van der Waals surface area contributed by atoms with E-state index in [0.717, 1.165) is 4.47 Å². The lowest BCUT2D eigenvalue weighted by Crippen LogP contribution is -2.26. The standard InChI is InChI=1S/C12H13BrN4O2/c1-17-7-15-11(16-17)4-5-14-12(19)9-3-2-8(13)6-10(9)18/h2-3,6-7,18H,4-5H2,1H3,(H,14,19). The minimum absolute atomic E-state index is 0.0529. The predicted octanol–water partition coefficient (Wildman–Crippen LogP) is 1.26. The van der Waals surface area contributed by atoms with E-state index >= 15 is 0 Å². The number of hydrogen-bond donors (Lipinski definition) is 2. The lowest BCUT2D eigenvalue weighted by Gasteiger charge is -2.06. The highest BCUT2D eigenvalue weighted by Gasteiger charge is 2.11. The van der Waals surface area contributed by atoms with Gasteiger partial charge in [0.15, 0.2) is 5.82 Å². The van der Waals surface area contributed by atoms with E-state index in [0.29, 0.717) is 18.8 Å². The Morgan fingerprint density at radius 3 is 2.95 bits per heavy atom. The minimum Gasteiger partial charge on any atom is -0.507 e. The number of aromatic nitrogens is 3. The number of nitrogens with zero attached hydrogens (tertiary/aromatic N) is 3. The van der Waals surface area contributed by atoms with Gasteiger partial charge in [-0.2, -0.15) is 5.10 Å². The SMILES string of the molecule is Cn1cnc(CCNC(=O)c2ccc(Br)cc2O)n1. The van der Waals surface area contributed by atoms with Crippen LogP contribution in [-0.2, 0) is 13.5 Å². The normalized spacial score (nSPS) is 10.4. The zero-order chi connectivity index (χ0) is 13.8. The van der Waals surface area contributed by atoms with Crippen LogP contribution in [0.25, 0.3) is 0 Å². The van der Waals surface area contributed by atoms with E-state index in [-0.39, 0.29) is 17.2 Å². The van der Waals surface area contributed by atoms with Crippen LogP contribution in [0.1, 0.15) is 16.2 Å². The van der Waals surface area contributed by atoms with Crippen molar-refractivity contribution in [2.45, 2.75) is 6.42 Å². The summed E-state index contributed by atoms with van der Waals surface area (Å²) in [4.78, 5) is 15.9. The molecule has 0 unspecified atom stereocenters. The van der Waals surface area contributed by atoms with Gasteiger partial charge < -0.3 is 10.4 Å². The number of hydrogen-bond acceptors (Lipinski definition) is 4. The Hall–Kier alpha value is -1.89. The highest BCUT2D eigenvalue weighted by atomic mass is 79.9. The molecule has 100 valence electrons. The van der Waals surface area contributed by atoms with Crippen molar-refractivity contribution < 1.29 is 9.90 Å². The van der Waals surface area contributed by atoms with Gasteiger partial charge in [-0.25, -0.2) is 4.98 Å². The van der Waals surface area contributed by atoms with Crippen molar-refractivity contribution in [2.24, 2.45) is 7.05 Å². The maximum absolute atomic E-state index is 11.8. The van der Waals surface area contributed by atoms with Gasteiger partial charge in [0.2, 0.25) is 0 Å². The molecule has 0 fully saturated rings. The molecule has 0 aliphatic rings. The number of aryl methyl sites for hydroxylation is 1. The molecule has 1 amide bonds. The number of aromatic hydroxyl groups is 1. The first-order valence-electron chi connectivity index (χ1n) is 5.67. The Morgan fingerprint density at radius 2 is 2.32 bits per heavy atom. The largest absolute Gasteiger partial charge is 0.507 e. The van der Waals surface area contributed by atoms with E-state index in [1.807, 2.05) is 0 Å². The fourth-order valence-corrected chi connectivity index (χ4v) is 1.93. The number of carbonyl (C=O) groups excluding carboxylic acids is 1. The van der Waals surface area contributed by atoms with Crippen molar-refractivity contribution in [3.8, 4) is 5.75 Å². The molecule has 6 nitrogen and oxygen atoms in total. The number of nitrogens with one attached hydrogen (secondary N) is 1. The molecule has 0 spiro atoms. The van der Waals surface area contributed by atoms with Gasteiger partial charge in [0.1, 0.15) is 12.1 Å². The van der Waals surface area contributed by atoms with Crippen LogP contribution < -0.4 is 5.32 Å². The molecule has 7 heteroatoms. The van der Waals surface area contributed by atoms with Crippen molar-refractivity contribution in [1.82, 2.24) is 20.1 Å². The van der Waals surface area contributed by atoms with Crippen molar-refractivity contribution in [2.75, 3.05) is 6.54 Å². The molecule has 19 heavy (non-hydrogen) atoms. The van der Waals surface area contributed by atoms with Crippen LogP contribution in [0, 0.1) is 0 Å². The summed E-state index contributed by atoms with van der Waals surface area (Å²) in [5, 5.41) is 16.5. The Morgan fingerprint density at radius 1 is 1.53 bits per heavy atom. The van der Waals surface area contributed by atoms with Crippen LogP contribution in [0.2, 0.25) is 0 Å². The monoisotopic (exact) mass is 324 g/mol. The van der Waals surface area contributed by atoms with Gasteiger partial charge in [-0.15, -0.1) is 0 Å². The fraction of sp³-hybridized carbons (Fsp3) is 0.250. The Bertz CT molecular complexity index is 597. The zero-order valence-electron chi connectivity index (χ0n) is 10.3. The molecule has 0 atom stereocenters. The number of amides is 1. The first-order chi connectivity index (χ1) is 9.06. The molecule has 1 heterocycles. The van der Waals surface area contributed by atoms with Gasteiger partial charge in [-0.1, -0.05) is 15.9 Å². The maximum Gasteiger partial charge on any atom is 0.255 e. The average molecular weight is 325 g/mol. The van der Waals surface area contributed by atoms with Crippen LogP contribution >= 0.6 is 15.9 Å². The van der Waals surface area contributed by atoms with Crippen LogP contribution in [0.4, 0.5) is 0 Å². The van der Waals surface area contributed by atoms with Crippen LogP contribution in [-0.4, -0.2) is 32.3 Å². The summed E-state index contributed by atoms with van der Waals surface area (Å²) in [5.74, 6) is 0.298. The van der Waals surface area contributed by atoms with Crippen LogP contribution in [0.3, 0.4) is 0 Å². The molecule has 0 bridgehead atoms. The molecular formula is C12H13BrN4O2. The molecule has 1 aromatic carbocycles. The summed E-state index contributed by atoms with van der Waals surface area (Å²) in [6, 6.07) is 4.75. The first-order valence-corrected chi connectivity index (χ1v) is 6.47. The van der Waals surface area contributed by atoms with Crippen molar-refractivity contribution >= 4 is 21.8 Å². The van der Waals surface area contributed by atoms with Gasteiger partial charge in [0.05, 0.1) is 5.56 Å². The summed E-state index contributed by atoms with van der Waals surface area (Å²) < 4.78 is 2.33. The number of halogens is 1. The number of phenols is 1. The molecule has 0 aliphatic carbocycles. The predicted molar refractivity (Wildman–Crippen MR) is 72.8 cm³/mol. The molecule has 2 N–H and O–H groups in total. The van der Waals surface area contributed by atoms with Gasteiger partial charge in [0.25, 0.3) is 5.91 Å². The lowest BCUT2D eigenvalue weighted by atomic mass is 10.2. The molecule has 0 saturated carbocycles. The van der Waals surface area contributed by atoms with Crippen molar-refractivity contribution in [1.29, 1.82) is 0 Å². The maximum atomic E-state index is 11.8. The molecule has 0 saturated heterocycles. The Kier molecular flexibility index (Phi) is 4.16. The topological polar surface area (TPSA) is 80.0 Å². The number of carbonyl (C=O) groups is 1. The Balaban J connectivity index is 1.90. The van der Waals surface area contributed by atoms with E-state index < -0.39 is 0 Å². The summed E-state index contributed by atoms with van der Waals surface area (Å²) in [7, 11) is 1.79. The van der Waals surface area contributed by atoms with E-state index in [2.05, 4.69) is 31.3 Å². The first kappa shape index (κ1) is 13.5. The van der Waals surface area contributed by atoms with E-state index in [4.69, 9.17) is 0 Å².